The lowest BCUT2D eigenvalue weighted by Crippen LogP contribution is -2.11. The van der Waals surface area contributed by atoms with E-state index in [1.165, 1.54) is 0 Å². The highest BCUT2D eigenvalue weighted by Crippen LogP contribution is 2.08. The first-order valence-corrected chi connectivity index (χ1v) is 5.71. The molecule has 0 radical (unpaired) electrons. The van der Waals surface area contributed by atoms with E-state index in [1.54, 1.807) is 18.5 Å². The van der Waals surface area contributed by atoms with Crippen molar-refractivity contribution in [1.82, 2.24) is 14.5 Å². The summed E-state index contributed by atoms with van der Waals surface area (Å²) in [6.07, 6.45) is 6.06. The third-order valence-electron chi connectivity index (χ3n) is 2.56. The van der Waals surface area contributed by atoms with Crippen LogP contribution in [0.4, 0.5) is 0 Å². The molecule has 0 aromatic carbocycles. The van der Waals surface area contributed by atoms with Gasteiger partial charge in [0.2, 0.25) is 5.78 Å². The smallest absolute Gasteiger partial charge is 0.229 e. The Morgan fingerprint density at radius 1 is 1.35 bits per heavy atom. The van der Waals surface area contributed by atoms with Crippen LogP contribution in [0.25, 0.3) is 0 Å². The van der Waals surface area contributed by atoms with Crippen LogP contribution >= 0.6 is 0 Å². The van der Waals surface area contributed by atoms with Crippen LogP contribution in [0.15, 0.2) is 30.7 Å². The number of aryl methyl sites for hydroxylation is 2. The minimum atomic E-state index is -0.0732. The van der Waals surface area contributed by atoms with Gasteiger partial charge in [0, 0.05) is 36.4 Å². The fraction of sp³-hybridized carbons (Fsp3) is 0.308. The van der Waals surface area contributed by atoms with E-state index >= 15 is 0 Å². The number of carbonyl (C=O) groups is 1. The maximum Gasteiger partial charge on any atom is 0.229 e. The number of nitrogens with zero attached hydrogens (tertiary/aromatic N) is 3. The molecule has 0 spiro atoms. The van der Waals surface area contributed by atoms with Gasteiger partial charge in [-0.2, -0.15) is 0 Å². The summed E-state index contributed by atoms with van der Waals surface area (Å²) in [5.74, 6) is 0.411. The van der Waals surface area contributed by atoms with Crippen molar-refractivity contribution in [3.63, 3.8) is 0 Å². The van der Waals surface area contributed by atoms with Crippen molar-refractivity contribution in [3.8, 4) is 0 Å². The molecule has 0 unspecified atom stereocenters. The Balaban J connectivity index is 2.30. The quantitative estimate of drug-likeness (QED) is 0.755. The van der Waals surface area contributed by atoms with Crippen LogP contribution in [0.2, 0.25) is 0 Å². The maximum atomic E-state index is 12.2. The summed E-state index contributed by atoms with van der Waals surface area (Å²) < 4.78 is 1.88. The number of ketones is 1. The number of rotatable bonds is 4. The predicted molar refractivity (Wildman–Crippen MR) is 64.9 cm³/mol. The van der Waals surface area contributed by atoms with E-state index in [-0.39, 0.29) is 5.78 Å². The zero-order chi connectivity index (χ0) is 12.3. The van der Waals surface area contributed by atoms with Crippen molar-refractivity contribution in [2.45, 2.75) is 26.8 Å². The van der Waals surface area contributed by atoms with Crippen molar-refractivity contribution < 1.29 is 4.79 Å². The SMILES string of the molecule is CCCn1ccnc1C(=O)c1ccc(C)nc1. The van der Waals surface area contributed by atoms with Gasteiger partial charge in [0.1, 0.15) is 0 Å². The Hall–Kier alpha value is -1.97. The number of aromatic nitrogens is 3. The largest absolute Gasteiger partial charge is 0.328 e. The molecule has 0 saturated heterocycles. The van der Waals surface area contributed by atoms with Gasteiger partial charge in [0.25, 0.3) is 0 Å². The summed E-state index contributed by atoms with van der Waals surface area (Å²) in [7, 11) is 0. The zero-order valence-corrected chi connectivity index (χ0v) is 10.1. The molecule has 0 aliphatic heterocycles. The van der Waals surface area contributed by atoms with E-state index in [1.807, 2.05) is 23.8 Å². The summed E-state index contributed by atoms with van der Waals surface area (Å²) in [6, 6.07) is 3.62. The van der Waals surface area contributed by atoms with Crippen LogP contribution in [-0.4, -0.2) is 20.3 Å². The van der Waals surface area contributed by atoms with Crippen LogP contribution in [-0.2, 0) is 6.54 Å². The summed E-state index contributed by atoms with van der Waals surface area (Å²) >= 11 is 0. The van der Waals surface area contributed by atoms with Gasteiger partial charge in [-0.25, -0.2) is 4.98 Å². The van der Waals surface area contributed by atoms with Gasteiger partial charge in [-0.05, 0) is 25.5 Å². The molecule has 0 bridgehead atoms. The molecule has 88 valence electrons. The zero-order valence-electron chi connectivity index (χ0n) is 10.1. The average Bonchev–Trinajstić information content (AvgIpc) is 2.78. The van der Waals surface area contributed by atoms with Crippen LogP contribution in [0.5, 0.6) is 0 Å². The summed E-state index contributed by atoms with van der Waals surface area (Å²) in [5, 5.41) is 0. The van der Waals surface area contributed by atoms with Crippen LogP contribution < -0.4 is 0 Å². The molecule has 0 N–H and O–H groups in total. The molecular weight excluding hydrogens is 214 g/mol. The lowest BCUT2D eigenvalue weighted by molar-refractivity contribution is 0.102. The van der Waals surface area contributed by atoms with Gasteiger partial charge in [-0.1, -0.05) is 6.92 Å². The average molecular weight is 229 g/mol. The third kappa shape index (κ3) is 2.41. The van der Waals surface area contributed by atoms with Gasteiger partial charge >= 0.3 is 0 Å². The number of carbonyl (C=O) groups excluding carboxylic acids is 1. The Morgan fingerprint density at radius 2 is 2.18 bits per heavy atom. The summed E-state index contributed by atoms with van der Waals surface area (Å²) in [4.78, 5) is 20.4. The molecular formula is C13H15N3O. The molecule has 0 fully saturated rings. The first-order chi connectivity index (χ1) is 8.22. The Kier molecular flexibility index (Phi) is 3.32. The third-order valence-corrected chi connectivity index (χ3v) is 2.56. The minimum Gasteiger partial charge on any atom is -0.328 e. The van der Waals surface area contributed by atoms with Gasteiger partial charge < -0.3 is 4.57 Å². The molecule has 2 aromatic heterocycles. The molecule has 2 aromatic rings. The molecule has 0 saturated carbocycles. The molecule has 2 rings (SSSR count). The highest BCUT2D eigenvalue weighted by atomic mass is 16.1. The molecule has 0 amide bonds. The first kappa shape index (κ1) is 11.5. The molecule has 17 heavy (non-hydrogen) atoms. The minimum absolute atomic E-state index is 0.0732. The van der Waals surface area contributed by atoms with Crippen molar-refractivity contribution in [2.24, 2.45) is 0 Å². The first-order valence-electron chi connectivity index (χ1n) is 5.71. The van der Waals surface area contributed by atoms with E-state index in [9.17, 15) is 4.79 Å². The van der Waals surface area contributed by atoms with E-state index in [4.69, 9.17) is 0 Å². The fourth-order valence-corrected chi connectivity index (χ4v) is 1.67. The van der Waals surface area contributed by atoms with Gasteiger partial charge in [0.15, 0.2) is 5.82 Å². The highest BCUT2D eigenvalue weighted by molar-refractivity contribution is 6.06. The number of imidazole rings is 1. The predicted octanol–water partition coefficient (Wildman–Crippen LogP) is 2.23. The van der Waals surface area contributed by atoms with E-state index in [2.05, 4.69) is 16.9 Å². The molecule has 0 aliphatic rings. The van der Waals surface area contributed by atoms with Crippen molar-refractivity contribution in [2.75, 3.05) is 0 Å². The fourth-order valence-electron chi connectivity index (χ4n) is 1.67. The molecule has 4 heteroatoms. The molecule has 0 aliphatic carbocycles. The van der Waals surface area contributed by atoms with E-state index in [0.29, 0.717) is 11.4 Å². The standard InChI is InChI=1S/C13H15N3O/c1-3-7-16-8-6-14-13(16)12(17)11-5-4-10(2)15-9-11/h4-6,8-9H,3,7H2,1-2H3. The summed E-state index contributed by atoms with van der Waals surface area (Å²) in [6.45, 7) is 4.77. The number of pyridine rings is 1. The van der Waals surface area contributed by atoms with Gasteiger partial charge in [0.05, 0.1) is 0 Å². The van der Waals surface area contributed by atoms with Crippen molar-refractivity contribution >= 4 is 5.78 Å². The van der Waals surface area contributed by atoms with Crippen LogP contribution in [0.1, 0.15) is 35.2 Å². The van der Waals surface area contributed by atoms with E-state index in [0.717, 1.165) is 18.7 Å². The second-order valence-corrected chi connectivity index (χ2v) is 3.96. The lowest BCUT2D eigenvalue weighted by atomic mass is 10.1. The topological polar surface area (TPSA) is 47.8 Å². The molecule has 2 heterocycles. The number of hydrogen-bond acceptors (Lipinski definition) is 3. The lowest BCUT2D eigenvalue weighted by Gasteiger charge is -2.05. The molecule has 0 atom stereocenters. The normalized spacial score (nSPS) is 10.5. The Morgan fingerprint density at radius 3 is 2.82 bits per heavy atom. The Labute approximate surface area is 100 Å². The van der Waals surface area contributed by atoms with Gasteiger partial charge in [-0.15, -0.1) is 0 Å². The monoisotopic (exact) mass is 229 g/mol. The van der Waals surface area contributed by atoms with Gasteiger partial charge in [-0.3, -0.25) is 9.78 Å². The van der Waals surface area contributed by atoms with Crippen molar-refractivity contribution in [1.29, 1.82) is 0 Å². The maximum absolute atomic E-state index is 12.2. The van der Waals surface area contributed by atoms with Crippen molar-refractivity contribution in [3.05, 3.63) is 47.8 Å². The molecule has 4 nitrogen and oxygen atoms in total. The Bertz CT molecular complexity index is 514. The van der Waals surface area contributed by atoms with Crippen LogP contribution in [0, 0.1) is 6.92 Å². The van der Waals surface area contributed by atoms with Crippen LogP contribution in [0.3, 0.4) is 0 Å². The number of hydrogen-bond donors (Lipinski definition) is 0. The highest BCUT2D eigenvalue weighted by Gasteiger charge is 2.14. The van der Waals surface area contributed by atoms with E-state index < -0.39 is 0 Å². The second-order valence-electron chi connectivity index (χ2n) is 3.96. The summed E-state index contributed by atoms with van der Waals surface area (Å²) in [5.41, 5.74) is 1.48. The second kappa shape index (κ2) is 4.91.